The van der Waals surface area contributed by atoms with Gasteiger partial charge in [0, 0.05) is 6.20 Å². The first kappa shape index (κ1) is 12.2. The summed E-state index contributed by atoms with van der Waals surface area (Å²) in [5.74, 6) is -1.35. The van der Waals surface area contributed by atoms with E-state index in [9.17, 15) is 9.59 Å². The second-order valence-electron chi connectivity index (χ2n) is 3.38. The number of hydrogen-bond acceptors (Lipinski definition) is 4. The van der Waals surface area contributed by atoms with Gasteiger partial charge < -0.3 is 9.84 Å². The highest BCUT2D eigenvalue weighted by molar-refractivity contribution is 5.88. The van der Waals surface area contributed by atoms with E-state index >= 15 is 0 Å². The second kappa shape index (κ2) is 5.29. The molecular weight excluding hydrogens is 212 g/mol. The fourth-order valence-electron chi connectivity index (χ4n) is 1.25. The zero-order valence-electron chi connectivity index (χ0n) is 9.21. The number of hydrogen-bond donors (Lipinski definition) is 1. The molecule has 1 rings (SSSR count). The highest BCUT2D eigenvalue weighted by Gasteiger charge is 2.14. The van der Waals surface area contributed by atoms with Crippen molar-refractivity contribution in [2.24, 2.45) is 0 Å². The molecule has 0 bridgehead atoms. The van der Waals surface area contributed by atoms with Crippen LogP contribution in [0.1, 0.15) is 36.7 Å². The van der Waals surface area contributed by atoms with Crippen molar-refractivity contribution >= 4 is 11.9 Å². The topological polar surface area (TPSA) is 81.4 Å². The van der Waals surface area contributed by atoms with Gasteiger partial charge in [0.25, 0.3) is 0 Å². The van der Waals surface area contributed by atoms with E-state index in [1.165, 1.54) is 17.1 Å². The van der Waals surface area contributed by atoms with Crippen LogP contribution in [0.15, 0.2) is 12.4 Å². The molecule has 16 heavy (non-hydrogen) atoms. The van der Waals surface area contributed by atoms with Crippen LogP contribution in [0.5, 0.6) is 0 Å². The lowest BCUT2D eigenvalue weighted by molar-refractivity contribution is -0.137. The highest BCUT2D eigenvalue weighted by atomic mass is 16.5. The Bertz CT molecular complexity index is 386. The van der Waals surface area contributed by atoms with Crippen molar-refractivity contribution < 1.29 is 19.4 Å². The van der Waals surface area contributed by atoms with Crippen molar-refractivity contribution in [2.45, 2.75) is 26.3 Å². The fraction of sp³-hybridized carbons (Fsp3) is 0.500. The Balaban J connectivity index is 2.70. The Morgan fingerprint density at radius 3 is 2.88 bits per heavy atom. The number of aromatic nitrogens is 2. The number of rotatable bonds is 5. The molecule has 0 aliphatic carbocycles. The lowest BCUT2D eigenvalue weighted by Crippen LogP contribution is -2.11. The van der Waals surface area contributed by atoms with Crippen LogP contribution >= 0.6 is 0 Å². The van der Waals surface area contributed by atoms with E-state index in [0.29, 0.717) is 12.2 Å². The largest absolute Gasteiger partial charge is 0.481 e. The Morgan fingerprint density at radius 1 is 1.62 bits per heavy atom. The van der Waals surface area contributed by atoms with Gasteiger partial charge in [-0.05, 0) is 13.8 Å². The van der Waals surface area contributed by atoms with Gasteiger partial charge in [-0.1, -0.05) is 0 Å². The van der Waals surface area contributed by atoms with Gasteiger partial charge in [-0.25, -0.2) is 4.79 Å². The number of ether oxygens (including phenoxy) is 1. The van der Waals surface area contributed by atoms with Crippen molar-refractivity contribution in [2.75, 3.05) is 6.61 Å². The molecule has 88 valence electrons. The average Bonchev–Trinajstić information content (AvgIpc) is 2.65. The number of esters is 1. The summed E-state index contributed by atoms with van der Waals surface area (Å²) in [7, 11) is 0. The SMILES string of the molecule is CCOC(=O)c1cnn(C(C)CC(=O)O)c1. The maximum Gasteiger partial charge on any atom is 0.341 e. The van der Waals surface area contributed by atoms with E-state index in [4.69, 9.17) is 9.84 Å². The van der Waals surface area contributed by atoms with Crippen LogP contribution in [0.3, 0.4) is 0 Å². The first-order valence-corrected chi connectivity index (χ1v) is 4.97. The Morgan fingerprint density at radius 2 is 2.31 bits per heavy atom. The van der Waals surface area contributed by atoms with Crippen LogP contribution in [0, 0.1) is 0 Å². The number of carboxylic acid groups (broad SMARTS) is 1. The molecule has 1 N–H and O–H groups in total. The first-order valence-electron chi connectivity index (χ1n) is 4.97. The monoisotopic (exact) mass is 226 g/mol. The van der Waals surface area contributed by atoms with Crippen molar-refractivity contribution in [3.63, 3.8) is 0 Å². The molecule has 6 heteroatoms. The zero-order chi connectivity index (χ0) is 12.1. The molecule has 1 heterocycles. The molecule has 0 saturated carbocycles. The fourth-order valence-corrected chi connectivity index (χ4v) is 1.25. The normalized spacial score (nSPS) is 12.1. The maximum atomic E-state index is 11.3. The molecule has 0 spiro atoms. The third kappa shape index (κ3) is 3.08. The van der Waals surface area contributed by atoms with E-state index < -0.39 is 11.9 Å². The van der Waals surface area contributed by atoms with Crippen LogP contribution in [0.4, 0.5) is 0 Å². The quantitative estimate of drug-likeness (QED) is 0.760. The molecule has 1 aromatic heterocycles. The minimum Gasteiger partial charge on any atom is -0.481 e. The summed E-state index contributed by atoms with van der Waals surface area (Å²) in [6.45, 7) is 3.74. The van der Waals surface area contributed by atoms with Crippen molar-refractivity contribution in [3.05, 3.63) is 18.0 Å². The third-order valence-corrected chi connectivity index (χ3v) is 2.03. The van der Waals surface area contributed by atoms with Crippen LogP contribution in [-0.2, 0) is 9.53 Å². The molecule has 1 unspecified atom stereocenters. The van der Waals surface area contributed by atoms with Crippen LogP contribution in [-0.4, -0.2) is 33.4 Å². The Kier molecular flexibility index (Phi) is 4.04. The first-order chi connectivity index (χ1) is 7.54. The molecule has 1 aromatic rings. The number of nitrogens with zero attached hydrogens (tertiary/aromatic N) is 2. The third-order valence-electron chi connectivity index (χ3n) is 2.03. The van der Waals surface area contributed by atoms with E-state index in [0.717, 1.165) is 0 Å². The van der Waals surface area contributed by atoms with Gasteiger partial charge in [-0.2, -0.15) is 5.10 Å². The van der Waals surface area contributed by atoms with Crippen LogP contribution in [0.2, 0.25) is 0 Å². The molecule has 0 aromatic carbocycles. The molecule has 0 radical (unpaired) electrons. The number of carboxylic acids is 1. The number of aliphatic carboxylic acids is 1. The molecule has 6 nitrogen and oxygen atoms in total. The molecule has 0 saturated heterocycles. The Labute approximate surface area is 92.8 Å². The van der Waals surface area contributed by atoms with Crippen molar-refractivity contribution in [1.82, 2.24) is 9.78 Å². The molecule has 0 amide bonds. The highest BCUT2D eigenvalue weighted by Crippen LogP contribution is 2.11. The van der Waals surface area contributed by atoms with Crippen LogP contribution < -0.4 is 0 Å². The van der Waals surface area contributed by atoms with Gasteiger partial charge in [0.1, 0.15) is 0 Å². The number of carbonyl (C=O) groups is 2. The minimum absolute atomic E-state index is 0.0378. The second-order valence-corrected chi connectivity index (χ2v) is 3.38. The minimum atomic E-state index is -0.902. The van der Waals surface area contributed by atoms with E-state index in [1.54, 1.807) is 13.8 Å². The van der Waals surface area contributed by atoms with Gasteiger partial charge in [-0.3, -0.25) is 9.48 Å². The van der Waals surface area contributed by atoms with E-state index in [2.05, 4.69) is 5.10 Å². The molecule has 1 atom stereocenters. The molecule has 0 aliphatic rings. The summed E-state index contributed by atoms with van der Waals surface area (Å²) in [5.41, 5.74) is 0.332. The predicted molar refractivity (Wildman–Crippen MR) is 55.1 cm³/mol. The predicted octanol–water partition coefficient (Wildman–Crippen LogP) is 1.10. The molecule has 0 fully saturated rings. The summed E-state index contributed by atoms with van der Waals surface area (Å²) in [4.78, 5) is 21.8. The maximum absolute atomic E-state index is 11.3. The summed E-state index contributed by atoms with van der Waals surface area (Å²) >= 11 is 0. The van der Waals surface area contributed by atoms with E-state index in [-0.39, 0.29) is 12.5 Å². The van der Waals surface area contributed by atoms with Gasteiger partial charge in [0.15, 0.2) is 0 Å². The van der Waals surface area contributed by atoms with Gasteiger partial charge in [-0.15, -0.1) is 0 Å². The van der Waals surface area contributed by atoms with Crippen molar-refractivity contribution in [3.8, 4) is 0 Å². The standard InChI is InChI=1S/C10H14N2O4/c1-3-16-10(15)8-5-11-12(6-8)7(2)4-9(13)14/h5-7H,3-4H2,1-2H3,(H,13,14). The summed E-state index contributed by atoms with van der Waals surface area (Å²) in [6, 6.07) is -0.291. The smallest absolute Gasteiger partial charge is 0.341 e. The lowest BCUT2D eigenvalue weighted by Gasteiger charge is -2.08. The number of carbonyl (C=O) groups excluding carboxylic acids is 1. The zero-order valence-corrected chi connectivity index (χ0v) is 9.21. The molecule has 0 aliphatic heterocycles. The Hall–Kier alpha value is -1.85. The lowest BCUT2D eigenvalue weighted by atomic mass is 10.2. The summed E-state index contributed by atoms with van der Waals surface area (Å²) in [6.07, 6.45) is 2.83. The van der Waals surface area contributed by atoms with E-state index in [1.807, 2.05) is 0 Å². The van der Waals surface area contributed by atoms with Gasteiger partial charge in [0.05, 0.1) is 30.8 Å². The summed E-state index contributed by atoms with van der Waals surface area (Å²) in [5, 5.41) is 12.5. The van der Waals surface area contributed by atoms with Gasteiger partial charge >= 0.3 is 11.9 Å². The summed E-state index contributed by atoms with van der Waals surface area (Å²) < 4.78 is 6.24. The van der Waals surface area contributed by atoms with Crippen LogP contribution in [0.25, 0.3) is 0 Å². The molecular formula is C10H14N2O4. The van der Waals surface area contributed by atoms with Gasteiger partial charge in [0.2, 0.25) is 0 Å². The van der Waals surface area contributed by atoms with Crippen molar-refractivity contribution in [1.29, 1.82) is 0 Å². The average molecular weight is 226 g/mol.